The van der Waals surface area contributed by atoms with Crippen molar-refractivity contribution in [1.82, 2.24) is 15.1 Å². The maximum absolute atomic E-state index is 6.13. The molecule has 2 aromatic rings. The molecule has 5 nitrogen and oxygen atoms in total. The second kappa shape index (κ2) is 5.16. The summed E-state index contributed by atoms with van der Waals surface area (Å²) in [5.74, 6) is 1.81. The Labute approximate surface area is 109 Å². The summed E-state index contributed by atoms with van der Waals surface area (Å²) in [6.07, 6.45) is 7.33. The van der Waals surface area contributed by atoms with Crippen LogP contribution in [0, 0.1) is 5.92 Å². The molecule has 1 fully saturated rings. The number of nitrogens with two attached hydrogens (primary N) is 1. The normalized spacial score (nSPS) is 24.3. The van der Waals surface area contributed by atoms with Gasteiger partial charge in [0.15, 0.2) is 0 Å². The van der Waals surface area contributed by atoms with E-state index in [4.69, 9.17) is 10.3 Å². The summed E-state index contributed by atoms with van der Waals surface area (Å²) in [7, 11) is 0. The van der Waals surface area contributed by atoms with Crippen LogP contribution in [0.5, 0.6) is 0 Å². The monoisotopic (exact) mass is 264 g/mol. The van der Waals surface area contributed by atoms with Crippen LogP contribution in [-0.2, 0) is 6.42 Å². The number of aromatic nitrogens is 3. The zero-order chi connectivity index (χ0) is 12.4. The molecule has 2 N–H and O–H groups in total. The van der Waals surface area contributed by atoms with E-state index in [0.29, 0.717) is 17.6 Å². The van der Waals surface area contributed by atoms with Gasteiger partial charge in [-0.05, 0) is 18.8 Å². The van der Waals surface area contributed by atoms with E-state index in [1.165, 1.54) is 30.6 Å². The molecule has 0 amide bonds. The van der Waals surface area contributed by atoms with Crippen LogP contribution in [-0.4, -0.2) is 21.2 Å². The maximum atomic E-state index is 6.13. The fourth-order valence-corrected chi connectivity index (χ4v) is 3.02. The zero-order valence-electron chi connectivity index (χ0n) is 10.1. The fraction of sp³-hybridized carbons (Fsp3) is 0.583. The number of nitrogens with zero attached hydrogens (tertiary/aromatic N) is 3. The highest BCUT2D eigenvalue weighted by Crippen LogP contribution is 2.27. The highest BCUT2D eigenvalue weighted by atomic mass is 32.1. The van der Waals surface area contributed by atoms with E-state index >= 15 is 0 Å². The molecule has 96 valence electrons. The summed E-state index contributed by atoms with van der Waals surface area (Å²) in [5.41, 5.74) is 7.90. The lowest BCUT2D eigenvalue weighted by molar-refractivity contribution is 0.273. The number of rotatable bonds is 3. The van der Waals surface area contributed by atoms with E-state index in [0.717, 1.165) is 17.7 Å². The number of hydrogen-bond donors (Lipinski definition) is 1. The van der Waals surface area contributed by atoms with E-state index in [1.807, 2.05) is 0 Å². The van der Waals surface area contributed by atoms with Crippen LogP contribution in [0.4, 0.5) is 0 Å². The van der Waals surface area contributed by atoms with Crippen LogP contribution in [0.1, 0.15) is 31.6 Å². The van der Waals surface area contributed by atoms with Gasteiger partial charge in [-0.15, -0.1) is 11.3 Å². The molecule has 0 spiro atoms. The first-order chi connectivity index (χ1) is 8.83. The molecule has 0 bridgehead atoms. The summed E-state index contributed by atoms with van der Waals surface area (Å²) >= 11 is 1.52. The SMILES string of the molecule is NC1CCCCC1Cc1nc(-c2cncs2)no1. The van der Waals surface area contributed by atoms with Gasteiger partial charge in [-0.25, -0.2) is 0 Å². The first kappa shape index (κ1) is 11.8. The molecule has 0 aromatic carbocycles. The first-order valence-corrected chi connectivity index (χ1v) is 7.18. The third-order valence-corrected chi connectivity index (χ3v) is 4.29. The third kappa shape index (κ3) is 2.44. The molecular weight excluding hydrogens is 248 g/mol. The highest BCUT2D eigenvalue weighted by Gasteiger charge is 2.24. The van der Waals surface area contributed by atoms with Gasteiger partial charge in [0.05, 0.1) is 10.4 Å². The average Bonchev–Trinajstić information content (AvgIpc) is 3.02. The van der Waals surface area contributed by atoms with Crippen molar-refractivity contribution in [2.45, 2.75) is 38.1 Å². The Kier molecular flexibility index (Phi) is 3.38. The predicted octanol–water partition coefficient (Wildman–Crippen LogP) is 2.25. The minimum atomic E-state index is 0.275. The smallest absolute Gasteiger partial charge is 0.227 e. The van der Waals surface area contributed by atoms with Crippen LogP contribution in [0.25, 0.3) is 10.7 Å². The lowest BCUT2D eigenvalue weighted by atomic mass is 9.83. The quantitative estimate of drug-likeness (QED) is 0.920. The van der Waals surface area contributed by atoms with Gasteiger partial charge < -0.3 is 10.3 Å². The highest BCUT2D eigenvalue weighted by molar-refractivity contribution is 7.13. The topological polar surface area (TPSA) is 77.8 Å². The van der Waals surface area contributed by atoms with Crippen LogP contribution in [0.15, 0.2) is 16.2 Å². The van der Waals surface area contributed by atoms with Gasteiger partial charge in [-0.2, -0.15) is 4.98 Å². The molecule has 3 rings (SSSR count). The molecule has 0 saturated heterocycles. The van der Waals surface area contributed by atoms with Crippen molar-refractivity contribution in [3.05, 3.63) is 17.6 Å². The Morgan fingerprint density at radius 2 is 2.28 bits per heavy atom. The van der Waals surface area contributed by atoms with Crippen molar-refractivity contribution in [3.8, 4) is 10.7 Å². The van der Waals surface area contributed by atoms with E-state index in [9.17, 15) is 0 Å². The molecule has 1 aliphatic rings. The van der Waals surface area contributed by atoms with Crippen LogP contribution in [0.3, 0.4) is 0 Å². The molecule has 1 aliphatic carbocycles. The van der Waals surface area contributed by atoms with Crippen LogP contribution in [0.2, 0.25) is 0 Å². The molecule has 0 aliphatic heterocycles. The minimum Gasteiger partial charge on any atom is -0.339 e. The Morgan fingerprint density at radius 1 is 1.39 bits per heavy atom. The van der Waals surface area contributed by atoms with Gasteiger partial charge in [0.25, 0.3) is 0 Å². The van der Waals surface area contributed by atoms with Crippen molar-refractivity contribution >= 4 is 11.3 Å². The van der Waals surface area contributed by atoms with Gasteiger partial charge in [0.1, 0.15) is 0 Å². The number of hydrogen-bond acceptors (Lipinski definition) is 6. The zero-order valence-corrected chi connectivity index (χ0v) is 10.9. The van der Waals surface area contributed by atoms with Crippen LogP contribution >= 0.6 is 11.3 Å². The second-order valence-electron chi connectivity index (χ2n) is 4.79. The molecule has 6 heteroatoms. The maximum Gasteiger partial charge on any atom is 0.227 e. The fourth-order valence-electron chi connectivity index (χ4n) is 2.48. The first-order valence-electron chi connectivity index (χ1n) is 6.30. The van der Waals surface area contributed by atoms with E-state index < -0.39 is 0 Å². The Balaban J connectivity index is 1.70. The largest absolute Gasteiger partial charge is 0.339 e. The van der Waals surface area contributed by atoms with Gasteiger partial charge in [-0.3, -0.25) is 4.98 Å². The average molecular weight is 264 g/mol. The molecule has 0 radical (unpaired) electrons. The van der Waals surface area contributed by atoms with E-state index in [1.54, 1.807) is 11.7 Å². The Hall–Kier alpha value is -1.27. The molecule has 2 aromatic heterocycles. The molecule has 2 unspecified atom stereocenters. The van der Waals surface area contributed by atoms with Crippen molar-refractivity contribution in [2.75, 3.05) is 0 Å². The standard InChI is InChI=1S/C12H16N4OS/c13-9-4-2-1-3-8(9)5-11-15-12(16-17-11)10-6-14-7-18-10/h6-9H,1-5,13H2. The predicted molar refractivity (Wildman–Crippen MR) is 69.0 cm³/mol. The Morgan fingerprint density at radius 3 is 3.06 bits per heavy atom. The summed E-state index contributed by atoms with van der Waals surface area (Å²) < 4.78 is 5.30. The minimum absolute atomic E-state index is 0.275. The van der Waals surface area contributed by atoms with Gasteiger partial charge in [0, 0.05) is 18.7 Å². The summed E-state index contributed by atoms with van der Waals surface area (Å²) in [6.45, 7) is 0. The lowest BCUT2D eigenvalue weighted by Gasteiger charge is -2.27. The van der Waals surface area contributed by atoms with Crippen molar-refractivity contribution in [3.63, 3.8) is 0 Å². The summed E-state index contributed by atoms with van der Waals surface area (Å²) in [5, 5.41) is 3.99. The lowest BCUT2D eigenvalue weighted by Crippen LogP contribution is -2.34. The Bertz CT molecular complexity index is 496. The summed E-state index contributed by atoms with van der Waals surface area (Å²) in [4.78, 5) is 9.37. The number of thiazole rings is 1. The van der Waals surface area contributed by atoms with Crippen molar-refractivity contribution in [2.24, 2.45) is 11.7 Å². The molecule has 2 heterocycles. The second-order valence-corrected chi connectivity index (χ2v) is 5.68. The van der Waals surface area contributed by atoms with Crippen molar-refractivity contribution in [1.29, 1.82) is 0 Å². The van der Waals surface area contributed by atoms with Gasteiger partial charge in [-0.1, -0.05) is 18.0 Å². The van der Waals surface area contributed by atoms with Crippen molar-refractivity contribution < 1.29 is 4.52 Å². The third-order valence-electron chi connectivity index (χ3n) is 3.53. The van der Waals surface area contributed by atoms with E-state index in [2.05, 4.69) is 15.1 Å². The molecule has 18 heavy (non-hydrogen) atoms. The molecular formula is C12H16N4OS. The van der Waals surface area contributed by atoms with Crippen LogP contribution < -0.4 is 5.73 Å². The summed E-state index contributed by atoms with van der Waals surface area (Å²) in [6, 6.07) is 0.275. The molecule has 1 saturated carbocycles. The van der Waals surface area contributed by atoms with E-state index in [-0.39, 0.29) is 6.04 Å². The van der Waals surface area contributed by atoms with Gasteiger partial charge in [0.2, 0.25) is 11.7 Å². The molecule has 2 atom stereocenters. The van der Waals surface area contributed by atoms with Gasteiger partial charge >= 0.3 is 0 Å².